The zero-order valence-electron chi connectivity index (χ0n) is 17.6. The van der Waals surface area contributed by atoms with Crippen molar-refractivity contribution in [1.29, 1.82) is 0 Å². The van der Waals surface area contributed by atoms with Crippen molar-refractivity contribution in [2.24, 2.45) is 0 Å². The van der Waals surface area contributed by atoms with E-state index in [0.29, 0.717) is 4.57 Å². The number of nitrogens with zero attached hydrogens (tertiary/aromatic N) is 2. The van der Waals surface area contributed by atoms with Gasteiger partial charge < -0.3 is 35.2 Å². The fraction of sp³-hybridized carbons (Fsp3) is 0.500. The molecule has 2 rings (SSSR count). The Hall–Kier alpha value is -1.14. The summed E-state index contributed by atoms with van der Waals surface area (Å²) < 4.78 is 67.1. The van der Waals surface area contributed by atoms with Crippen LogP contribution in [0.4, 0.5) is 5.82 Å². The van der Waals surface area contributed by atoms with E-state index in [4.69, 9.17) is 41.0 Å². The third kappa shape index (κ3) is 6.25. The van der Waals surface area contributed by atoms with Gasteiger partial charge in [0.2, 0.25) is 0 Å². The van der Waals surface area contributed by atoms with Gasteiger partial charge in [-0.25, -0.2) is 18.5 Å². The summed E-state index contributed by atoms with van der Waals surface area (Å²) in [7, 11) is -17.7. The Morgan fingerprint density at radius 2 is 1.97 bits per heavy atom. The summed E-state index contributed by atoms with van der Waals surface area (Å²) in [5.74, 6) is 1.74. The molecule has 0 bridgehead atoms. The number of ether oxygens (including phenoxy) is 1. The lowest BCUT2D eigenvalue weighted by atomic mass is 9.99. The Balaban J connectivity index is 2.41. The van der Waals surface area contributed by atoms with E-state index >= 15 is 0 Å². The highest BCUT2D eigenvalue weighted by Crippen LogP contribution is 2.66. The minimum absolute atomic E-state index is 0.0593. The summed E-state index contributed by atoms with van der Waals surface area (Å²) in [6, 6.07) is 1.19. The van der Waals surface area contributed by atoms with E-state index in [1.807, 2.05) is 5.92 Å². The molecule has 20 heteroatoms. The molecule has 1 saturated heterocycles. The maximum atomic E-state index is 12.3. The van der Waals surface area contributed by atoms with Crippen molar-refractivity contribution < 1.29 is 59.0 Å². The molecular weight excluding hydrogens is 523 g/mol. The van der Waals surface area contributed by atoms with Gasteiger partial charge in [0.15, 0.2) is 11.1 Å². The second kappa shape index (κ2) is 9.25. The lowest BCUT2D eigenvalue weighted by Crippen LogP contribution is -2.44. The molecule has 6 atom stereocenters. The highest BCUT2D eigenvalue weighted by molar-refractivity contribution is 7.66. The number of aryl methyl sites for hydroxylation is 1. The molecular formula is C12H17ClN3O13P3. The van der Waals surface area contributed by atoms with Gasteiger partial charge in [-0.3, -0.25) is 9.09 Å². The van der Waals surface area contributed by atoms with Gasteiger partial charge in [-0.2, -0.15) is 13.6 Å². The highest BCUT2D eigenvalue weighted by atomic mass is 35.5. The fourth-order valence-corrected chi connectivity index (χ4v) is 5.65. The van der Waals surface area contributed by atoms with Crippen molar-refractivity contribution in [2.75, 3.05) is 12.3 Å². The van der Waals surface area contributed by atoms with Crippen LogP contribution in [0, 0.1) is 19.3 Å². The number of hydrogen-bond acceptors (Lipinski definition) is 11. The van der Waals surface area contributed by atoms with Crippen LogP contribution < -0.4 is 11.4 Å². The number of halogens is 1. The molecule has 180 valence electrons. The van der Waals surface area contributed by atoms with Crippen LogP contribution in [0.2, 0.25) is 0 Å². The van der Waals surface area contributed by atoms with Crippen LogP contribution in [0.1, 0.15) is 14.7 Å². The molecule has 32 heavy (non-hydrogen) atoms. The first-order valence-electron chi connectivity index (χ1n) is 8.84. The van der Waals surface area contributed by atoms with Gasteiger partial charge in [-0.15, -0.1) is 6.42 Å². The number of alkyl halides is 1. The van der Waals surface area contributed by atoms with Gasteiger partial charge in [0.1, 0.15) is 18.0 Å². The number of nitrogen functional groups attached to an aromatic ring is 1. The molecule has 0 saturated carbocycles. The number of phosphoric acid groups is 3. The topological polar surface area (TPSA) is 250 Å². The molecule has 7 N–H and O–H groups in total. The molecule has 1 fully saturated rings. The molecule has 0 radical (unpaired) electrons. The number of aliphatic hydroxyl groups is 1. The molecule has 0 spiro atoms. The number of terminal acetylenes is 1. The third-order valence-electron chi connectivity index (χ3n) is 3.68. The quantitative estimate of drug-likeness (QED) is 0.136. The molecule has 1 aliphatic rings. The average molecular weight is 542 g/mol. The first-order chi connectivity index (χ1) is 15.1. The Labute approximate surface area is 187 Å². The zero-order valence-corrected chi connectivity index (χ0v) is 19.0. The standard InChI is InChI=1S/C12H17ClN3O13P3/c1-3-12(13)9(17)7(27-10(12)16-6(2)4-8(14)15-11(16)18)5-26-31(22,23)29-32(24,25)28-30(19,20)21/h1,4,7,9-10,17H,5H2,2H3,(H,22,23)(H,24,25)(H2,14,15,18)(H2,19,20,21)/t7-,9+,10-,12?/m1/s1/i5D2. The fourth-order valence-electron chi connectivity index (χ4n) is 2.51. The van der Waals surface area contributed by atoms with Crippen LogP contribution in [0.15, 0.2) is 10.9 Å². The minimum atomic E-state index is -6.01. The normalized spacial score (nSPS) is 31.1. The lowest BCUT2D eigenvalue weighted by Gasteiger charge is -2.26. The van der Waals surface area contributed by atoms with Crippen molar-refractivity contribution >= 4 is 40.9 Å². The summed E-state index contributed by atoms with van der Waals surface area (Å²) in [6.45, 7) is -2.26. The van der Waals surface area contributed by atoms with Crippen LogP contribution in [0.25, 0.3) is 0 Å². The van der Waals surface area contributed by atoms with Gasteiger partial charge >= 0.3 is 29.2 Å². The predicted molar refractivity (Wildman–Crippen MR) is 105 cm³/mol. The second-order valence-electron chi connectivity index (χ2n) is 6.04. The number of phosphoric ester groups is 1. The van der Waals surface area contributed by atoms with E-state index < -0.39 is 59.0 Å². The number of aromatic nitrogens is 2. The first kappa shape index (κ1) is 24.0. The van der Waals surface area contributed by atoms with Crippen molar-refractivity contribution in [2.45, 2.75) is 30.2 Å². The number of rotatable bonds is 8. The van der Waals surface area contributed by atoms with E-state index in [-0.39, 0.29) is 11.5 Å². The van der Waals surface area contributed by atoms with Crippen molar-refractivity contribution in [3.63, 3.8) is 0 Å². The van der Waals surface area contributed by atoms with E-state index in [0.717, 1.165) is 0 Å². The maximum absolute atomic E-state index is 12.3. The number of anilines is 1. The SMILES string of the molecule is [2H]C([2H])(OP(=O)(O)OP(=O)(O)OP(=O)(O)O)[C@H]1O[C@@H](n2c(C)cc(N)nc2=O)C(Cl)(C#C)[C@H]1O. The maximum Gasteiger partial charge on any atom is 0.490 e. The third-order valence-corrected chi connectivity index (χ3v) is 7.86. The predicted octanol–water partition coefficient (Wildman–Crippen LogP) is -0.654. The first-order valence-corrected chi connectivity index (χ1v) is 12.7. The number of nitrogens with two attached hydrogens (primary N) is 1. The van der Waals surface area contributed by atoms with Crippen LogP contribution in [0.3, 0.4) is 0 Å². The number of aliphatic hydroxyl groups excluding tert-OH is 1. The molecule has 1 aromatic heterocycles. The van der Waals surface area contributed by atoms with Crippen molar-refractivity contribution in [1.82, 2.24) is 9.55 Å². The molecule has 0 amide bonds. The Morgan fingerprint density at radius 3 is 2.47 bits per heavy atom. The van der Waals surface area contributed by atoms with Crippen molar-refractivity contribution in [3.05, 3.63) is 22.2 Å². The van der Waals surface area contributed by atoms with Gasteiger partial charge in [-0.05, 0) is 13.0 Å². The Bertz CT molecular complexity index is 1220. The summed E-state index contributed by atoms with van der Waals surface area (Å²) in [5.41, 5.74) is 4.46. The second-order valence-corrected chi connectivity index (χ2v) is 11.0. The molecule has 0 aliphatic carbocycles. The molecule has 16 nitrogen and oxygen atoms in total. The molecule has 2 heterocycles. The molecule has 1 aliphatic heterocycles. The van der Waals surface area contributed by atoms with Gasteiger partial charge in [0.05, 0.1) is 9.30 Å². The van der Waals surface area contributed by atoms with E-state index in [1.165, 1.54) is 13.0 Å². The van der Waals surface area contributed by atoms with E-state index in [9.17, 15) is 33.4 Å². The average Bonchev–Trinajstić information content (AvgIpc) is 2.83. The minimum Gasteiger partial charge on any atom is -0.387 e. The van der Waals surface area contributed by atoms with Crippen LogP contribution in [-0.2, 0) is 31.6 Å². The highest BCUT2D eigenvalue weighted by Gasteiger charge is 2.57. The summed E-state index contributed by atoms with van der Waals surface area (Å²) in [5, 5.41) is 10.6. The zero-order chi connectivity index (χ0) is 26.5. The summed E-state index contributed by atoms with van der Waals surface area (Å²) in [4.78, 5) is 49.3. The number of hydrogen-bond donors (Lipinski definition) is 6. The lowest BCUT2D eigenvalue weighted by molar-refractivity contribution is -0.0461. The molecule has 0 aromatic carbocycles. The van der Waals surface area contributed by atoms with E-state index in [1.54, 1.807) is 0 Å². The van der Waals surface area contributed by atoms with Gasteiger partial charge in [-0.1, -0.05) is 17.5 Å². The van der Waals surface area contributed by atoms with Crippen LogP contribution in [0.5, 0.6) is 0 Å². The monoisotopic (exact) mass is 541 g/mol. The van der Waals surface area contributed by atoms with Crippen LogP contribution in [-0.4, -0.2) is 57.9 Å². The largest absolute Gasteiger partial charge is 0.490 e. The molecule has 1 aromatic rings. The van der Waals surface area contributed by atoms with Gasteiger partial charge in [0, 0.05) is 5.69 Å². The summed E-state index contributed by atoms with van der Waals surface area (Å²) >= 11 is 6.23. The van der Waals surface area contributed by atoms with Crippen molar-refractivity contribution in [3.8, 4) is 12.3 Å². The van der Waals surface area contributed by atoms with Gasteiger partial charge in [0.25, 0.3) is 0 Å². The summed E-state index contributed by atoms with van der Waals surface area (Å²) in [6.07, 6.45) is -1.08. The Morgan fingerprint density at radius 1 is 1.38 bits per heavy atom. The smallest absolute Gasteiger partial charge is 0.387 e. The van der Waals surface area contributed by atoms with Crippen LogP contribution >= 0.6 is 35.1 Å². The van der Waals surface area contributed by atoms with E-state index in [2.05, 4.69) is 18.1 Å². The Kier molecular flexibility index (Phi) is 6.94. The molecule has 3 unspecified atom stereocenters.